The SMILES string of the molecule is CCC(CC)C1CCCCCC1CNCC(C)C. The van der Waals surface area contributed by atoms with Crippen LogP contribution in [0.2, 0.25) is 0 Å². The summed E-state index contributed by atoms with van der Waals surface area (Å²) in [6.07, 6.45) is 10.1. The lowest BCUT2D eigenvalue weighted by Crippen LogP contribution is -2.33. The van der Waals surface area contributed by atoms with Crippen molar-refractivity contribution in [1.82, 2.24) is 5.32 Å². The van der Waals surface area contributed by atoms with Gasteiger partial charge in [0, 0.05) is 0 Å². The normalized spacial score (nSPS) is 25.7. The van der Waals surface area contributed by atoms with Crippen LogP contribution in [0.3, 0.4) is 0 Å². The summed E-state index contributed by atoms with van der Waals surface area (Å²) in [5.41, 5.74) is 0. The third-order valence-electron chi connectivity index (χ3n) is 4.83. The van der Waals surface area contributed by atoms with Crippen molar-refractivity contribution in [3.05, 3.63) is 0 Å². The van der Waals surface area contributed by atoms with Crippen LogP contribution in [-0.2, 0) is 0 Å². The van der Waals surface area contributed by atoms with Gasteiger partial charge in [-0.05, 0) is 49.6 Å². The molecule has 0 radical (unpaired) electrons. The van der Waals surface area contributed by atoms with Crippen molar-refractivity contribution in [1.29, 1.82) is 0 Å². The summed E-state index contributed by atoms with van der Waals surface area (Å²) in [5, 5.41) is 3.72. The van der Waals surface area contributed by atoms with Crippen LogP contribution in [0.1, 0.15) is 72.6 Å². The van der Waals surface area contributed by atoms with Crippen LogP contribution in [0.15, 0.2) is 0 Å². The summed E-state index contributed by atoms with van der Waals surface area (Å²) in [6.45, 7) is 11.8. The second-order valence-corrected chi connectivity index (χ2v) is 6.69. The van der Waals surface area contributed by atoms with E-state index >= 15 is 0 Å². The van der Waals surface area contributed by atoms with E-state index < -0.39 is 0 Å². The van der Waals surface area contributed by atoms with Gasteiger partial charge in [-0.3, -0.25) is 0 Å². The highest BCUT2D eigenvalue weighted by molar-refractivity contribution is 4.80. The van der Waals surface area contributed by atoms with Crippen LogP contribution in [-0.4, -0.2) is 13.1 Å². The Labute approximate surface area is 115 Å². The Morgan fingerprint density at radius 1 is 1.00 bits per heavy atom. The zero-order chi connectivity index (χ0) is 13.4. The molecule has 1 heteroatoms. The maximum absolute atomic E-state index is 3.72. The molecule has 2 atom stereocenters. The van der Waals surface area contributed by atoms with E-state index in [9.17, 15) is 0 Å². The van der Waals surface area contributed by atoms with Crippen LogP contribution in [0, 0.1) is 23.7 Å². The monoisotopic (exact) mass is 253 g/mol. The molecule has 108 valence electrons. The van der Waals surface area contributed by atoms with Crippen molar-refractivity contribution in [3.8, 4) is 0 Å². The van der Waals surface area contributed by atoms with Crippen molar-refractivity contribution in [2.75, 3.05) is 13.1 Å². The molecule has 2 unspecified atom stereocenters. The summed E-state index contributed by atoms with van der Waals surface area (Å²) in [6, 6.07) is 0. The molecule has 1 N–H and O–H groups in total. The largest absolute Gasteiger partial charge is 0.316 e. The van der Waals surface area contributed by atoms with Gasteiger partial charge < -0.3 is 5.32 Å². The summed E-state index contributed by atoms with van der Waals surface area (Å²) in [5.74, 6) is 3.68. The molecule has 0 spiro atoms. The molecule has 0 heterocycles. The lowest BCUT2D eigenvalue weighted by Gasteiger charge is -2.32. The Morgan fingerprint density at radius 2 is 1.67 bits per heavy atom. The lowest BCUT2D eigenvalue weighted by molar-refractivity contribution is 0.194. The molecule has 1 fully saturated rings. The highest BCUT2D eigenvalue weighted by Gasteiger charge is 2.28. The molecule has 0 amide bonds. The molecule has 1 aliphatic rings. The predicted molar refractivity (Wildman–Crippen MR) is 81.8 cm³/mol. The fraction of sp³-hybridized carbons (Fsp3) is 1.00. The molecule has 0 aromatic heterocycles. The predicted octanol–water partition coefficient (Wildman–Crippen LogP) is 4.86. The van der Waals surface area contributed by atoms with Crippen molar-refractivity contribution in [2.45, 2.75) is 72.6 Å². The first kappa shape index (κ1) is 16.0. The molecule has 0 aromatic rings. The van der Waals surface area contributed by atoms with Crippen LogP contribution in [0.5, 0.6) is 0 Å². The summed E-state index contributed by atoms with van der Waals surface area (Å²) in [7, 11) is 0. The van der Waals surface area contributed by atoms with Gasteiger partial charge in [0.15, 0.2) is 0 Å². The average molecular weight is 253 g/mol. The smallest absolute Gasteiger partial charge is 0.00177 e. The Balaban J connectivity index is 2.51. The van der Waals surface area contributed by atoms with Gasteiger partial charge in [-0.1, -0.05) is 59.8 Å². The van der Waals surface area contributed by atoms with Gasteiger partial charge in [0.25, 0.3) is 0 Å². The average Bonchev–Trinajstić information content (AvgIpc) is 2.57. The van der Waals surface area contributed by atoms with Gasteiger partial charge in [0.2, 0.25) is 0 Å². The lowest BCUT2D eigenvalue weighted by atomic mass is 9.76. The number of rotatable bonds is 7. The van der Waals surface area contributed by atoms with E-state index in [1.807, 2.05) is 0 Å². The van der Waals surface area contributed by atoms with E-state index in [4.69, 9.17) is 0 Å². The maximum Gasteiger partial charge on any atom is -0.00177 e. The van der Waals surface area contributed by atoms with Gasteiger partial charge in [-0.15, -0.1) is 0 Å². The minimum atomic E-state index is 0.780. The molecule has 18 heavy (non-hydrogen) atoms. The first-order valence-corrected chi connectivity index (χ1v) is 8.39. The number of nitrogens with one attached hydrogen (secondary N) is 1. The van der Waals surface area contributed by atoms with E-state index in [1.54, 1.807) is 0 Å². The minimum absolute atomic E-state index is 0.780. The van der Waals surface area contributed by atoms with Crippen LogP contribution < -0.4 is 5.32 Å². The topological polar surface area (TPSA) is 12.0 Å². The molecule has 0 bridgehead atoms. The van der Waals surface area contributed by atoms with E-state index in [0.29, 0.717) is 0 Å². The van der Waals surface area contributed by atoms with Gasteiger partial charge in [0.1, 0.15) is 0 Å². The Kier molecular flexibility index (Phi) is 7.97. The fourth-order valence-corrected chi connectivity index (χ4v) is 3.74. The highest BCUT2D eigenvalue weighted by atomic mass is 14.9. The van der Waals surface area contributed by atoms with Crippen LogP contribution in [0.25, 0.3) is 0 Å². The second-order valence-electron chi connectivity index (χ2n) is 6.69. The van der Waals surface area contributed by atoms with Crippen molar-refractivity contribution in [2.24, 2.45) is 23.7 Å². The molecule has 0 aliphatic heterocycles. The Hall–Kier alpha value is -0.0400. The fourth-order valence-electron chi connectivity index (χ4n) is 3.74. The standard InChI is InChI=1S/C17H35N/c1-5-15(6-2)17-11-9-7-8-10-16(17)13-18-12-14(3)4/h14-18H,5-13H2,1-4H3. The zero-order valence-electron chi connectivity index (χ0n) is 13.2. The minimum Gasteiger partial charge on any atom is -0.316 e. The van der Waals surface area contributed by atoms with Gasteiger partial charge >= 0.3 is 0 Å². The molecular formula is C17H35N. The third kappa shape index (κ3) is 5.30. The second kappa shape index (κ2) is 8.96. The van der Waals surface area contributed by atoms with Crippen molar-refractivity contribution >= 4 is 0 Å². The Bertz CT molecular complexity index is 196. The van der Waals surface area contributed by atoms with Crippen LogP contribution >= 0.6 is 0 Å². The summed E-state index contributed by atoms with van der Waals surface area (Å²) < 4.78 is 0. The molecular weight excluding hydrogens is 218 g/mol. The number of hydrogen-bond donors (Lipinski definition) is 1. The van der Waals surface area contributed by atoms with E-state index in [0.717, 1.165) is 23.7 Å². The third-order valence-corrected chi connectivity index (χ3v) is 4.83. The van der Waals surface area contributed by atoms with E-state index in [-0.39, 0.29) is 0 Å². The highest BCUT2D eigenvalue weighted by Crippen LogP contribution is 2.36. The van der Waals surface area contributed by atoms with Gasteiger partial charge in [0.05, 0.1) is 0 Å². The first-order valence-electron chi connectivity index (χ1n) is 8.39. The van der Waals surface area contributed by atoms with Gasteiger partial charge in [-0.25, -0.2) is 0 Å². The molecule has 1 saturated carbocycles. The summed E-state index contributed by atoms with van der Waals surface area (Å²) >= 11 is 0. The molecule has 0 saturated heterocycles. The quantitative estimate of drug-likeness (QED) is 0.639. The van der Waals surface area contributed by atoms with E-state index in [2.05, 4.69) is 33.0 Å². The van der Waals surface area contributed by atoms with E-state index in [1.165, 1.54) is 58.0 Å². The summed E-state index contributed by atoms with van der Waals surface area (Å²) in [4.78, 5) is 0. The first-order chi connectivity index (χ1) is 8.69. The molecule has 1 aliphatic carbocycles. The molecule has 0 aromatic carbocycles. The Morgan fingerprint density at radius 3 is 2.28 bits per heavy atom. The molecule has 1 nitrogen and oxygen atoms in total. The molecule has 1 rings (SSSR count). The maximum atomic E-state index is 3.72. The van der Waals surface area contributed by atoms with Crippen LogP contribution in [0.4, 0.5) is 0 Å². The number of hydrogen-bond acceptors (Lipinski definition) is 1. The zero-order valence-corrected chi connectivity index (χ0v) is 13.2. The van der Waals surface area contributed by atoms with Crippen molar-refractivity contribution in [3.63, 3.8) is 0 Å². The van der Waals surface area contributed by atoms with Gasteiger partial charge in [-0.2, -0.15) is 0 Å². The van der Waals surface area contributed by atoms with Crippen molar-refractivity contribution < 1.29 is 0 Å².